The topological polar surface area (TPSA) is 12.0 Å². The van der Waals surface area contributed by atoms with E-state index in [-0.39, 0.29) is 0 Å². The van der Waals surface area contributed by atoms with Crippen molar-refractivity contribution in [3.63, 3.8) is 0 Å². The average molecular weight is 217 g/mol. The van der Waals surface area contributed by atoms with E-state index in [1.54, 1.807) is 10.4 Å². The Morgan fingerprint density at radius 1 is 1.33 bits per heavy atom. The van der Waals surface area contributed by atoms with E-state index >= 15 is 0 Å². The molecule has 0 amide bonds. The first-order valence-corrected chi connectivity index (χ1v) is 6.39. The quantitative estimate of drug-likeness (QED) is 0.771. The van der Waals surface area contributed by atoms with Crippen LogP contribution in [0.4, 0.5) is 0 Å². The van der Waals surface area contributed by atoms with Gasteiger partial charge in [0.05, 0.1) is 0 Å². The number of rotatable bonds is 1. The van der Waals surface area contributed by atoms with Gasteiger partial charge in [0.25, 0.3) is 0 Å². The number of hydrogen-bond acceptors (Lipinski definition) is 2. The molecule has 0 bridgehead atoms. The lowest BCUT2D eigenvalue weighted by molar-refractivity contribution is 0.507. The second-order valence-corrected chi connectivity index (χ2v) is 5.26. The number of aryl methyl sites for hydroxylation is 1. The van der Waals surface area contributed by atoms with Crippen LogP contribution in [0.2, 0.25) is 0 Å². The van der Waals surface area contributed by atoms with E-state index in [2.05, 4.69) is 36.6 Å². The summed E-state index contributed by atoms with van der Waals surface area (Å²) in [6.45, 7) is 0. The average Bonchev–Trinajstić information content (AvgIpc) is 2.67. The van der Waals surface area contributed by atoms with E-state index in [0.29, 0.717) is 6.04 Å². The van der Waals surface area contributed by atoms with Crippen molar-refractivity contribution in [3.8, 4) is 0 Å². The molecule has 2 aromatic rings. The highest BCUT2D eigenvalue weighted by atomic mass is 32.1. The summed E-state index contributed by atoms with van der Waals surface area (Å²) in [5.41, 5.74) is 1.60. The third kappa shape index (κ3) is 1.40. The molecule has 0 spiro atoms. The number of benzene rings is 1. The van der Waals surface area contributed by atoms with Crippen molar-refractivity contribution in [1.82, 2.24) is 5.32 Å². The second-order valence-electron chi connectivity index (χ2n) is 4.17. The largest absolute Gasteiger partial charge is 0.312 e. The zero-order chi connectivity index (χ0) is 10.3. The van der Waals surface area contributed by atoms with Crippen molar-refractivity contribution < 1.29 is 0 Å². The second kappa shape index (κ2) is 3.62. The Morgan fingerprint density at radius 2 is 2.20 bits per heavy atom. The molecule has 2 heteroatoms. The highest BCUT2D eigenvalue weighted by Gasteiger charge is 2.22. The van der Waals surface area contributed by atoms with E-state index in [1.165, 1.54) is 29.3 Å². The van der Waals surface area contributed by atoms with Gasteiger partial charge in [-0.2, -0.15) is 0 Å². The highest BCUT2D eigenvalue weighted by molar-refractivity contribution is 7.19. The predicted octanol–water partition coefficient (Wildman–Crippen LogP) is 3.50. The van der Waals surface area contributed by atoms with Crippen LogP contribution in [0.1, 0.15) is 29.3 Å². The minimum Gasteiger partial charge on any atom is -0.312 e. The molecule has 15 heavy (non-hydrogen) atoms. The van der Waals surface area contributed by atoms with Crippen molar-refractivity contribution in [2.45, 2.75) is 25.3 Å². The van der Waals surface area contributed by atoms with E-state index in [9.17, 15) is 0 Å². The molecule has 1 aromatic carbocycles. The van der Waals surface area contributed by atoms with Gasteiger partial charge < -0.3 is 5.32 Å². The summed E-state index contributed by atoms with van der Waals surface area (Å²) in [5.74, 6) is 0. The molecule has 0 radical (unpaired) electrons. The molecule has 1 nitrogen and oxygen atoms in total. The van der Waals surface area contributed by atoms with Crippen LogP contribution in [0.3, 0.4) is 0 Å². The lowest BCUT2D eigenvalue weighted by atomic mass is 9.93. The molecular formula is C13H15NS. The highest BCUT2D eigenvalue weighted by Crippen LogP contribution is 2.40. The Morgan fingerprint density at radius 3 is 3.07 bits per heavy atom. The van der Waals surface area contributed by atoms with Crippen molar-refractivity contribution in [1.29, 1.82) is 0 Å². The van der Waals surface area contributed by atoms with Gasteiger partial charge in [0.1, 0.15) is 0 Å². The summed E-state index contributed by atoms with van der Waals surface area (Å²) in [6, 6.07) is 9.39. The lowest BCUT2D eigenvalue weighted by Gasteiger charge is -2.21. The van der Waals surface area contributed by atoms with Gasteiger partial charge in [-0.3, -0.25) is 0 Å². The maximum absolute atomic E-state index is 3.43. The molecule has 0 fully saturated rings. The molecule has 1 atom stereocenters. The minimum atomic E-state index is 0.589. The molecule has 1 heterocycles. The number of hydrogen-bond donors (Lipinski definition) is 1. The van der Waals surface area contributed by atoms with E-state index < -0.39 is 0 Å². The molecule has 1 N–H and O–H groups in total. The first kappa shape index (κ1) is 9.37. The first-order chi connectivity index (χ1) is 7.40. The van der Waals surface area contributed by atoms with E-state index in [4.69, 9.17) is 0 Å². The molecule has 0 saturated heterocycles. The molecule has 78 valence electrons. The molecular weight excluding hydrogens is 202 g/mol. The molecule has 0 aliphatic heterocycles. The Hall–Kier alpha value is -0.860. The minimum absolute atomic E-state index is 0.589. The lowest BCUT2D eigenvalue weighted by Crippen LogP contribution is -2.19. The fourth-order valence-corrected chi connectivity index (χ4v) is 3.94. The van der Waals surface area contributed by atoms with Gasteiger partial charge in [-0.1, -0.05) is 18.2 Å². The maximum atomic E-state index is 3.43. The zero-order valence-electron chi connectivity index (χ0n) is 8.92. The van der Waals surface area contributed by atoms with Crippen molar-refractivity contribution in [2.24, 2.45) is 0 Å². The summed E-state index contributed by atoms with van der Waals surface area (Å²) < 4.78 is 1.45. The van der Waals surface area contributed by atoms with Gasteiger partial charge in [0, 0.05) is 15.6 Å². The smallest absolute Gasteiger partial charge is 0.0415 e. The van der Waals surface area contributed by atoms with E-state index in [0.717, 1.165) is 0 Å². The van der Waals surface area contributed by atoms with Gasteiger partial charge >= 0.3 is 0 Å². The molecule has 0 saturated carbocycles. The van der Waals surface area contributed by atoms with Crippen molar-refractivity contribution in [2.75, 3.05) is 7.05 Å². The molecule has 1 aliphatic rings. The molecule has 3 rings (SSSR count). The SMILES string of the molecule is CNC1CCCc2c1sc1ccccc21. The fourth-order valence-electron chi connectivity index (χ4n) is 2.55. The van der Waals surface area contributed by atoms with Crippen LogP contribution in [0.25, 0.3) is 10.1 Å². The summed E-state index contributed by atoms with van der Waals surface area (Å²) >= 11 is 1.97. The Kier molecular flexibility index (Phi) is 2.26. The number of thiophene rings is 1. The standard InChI is InChI=1S/C13H15NS/c1-14-11-7-4-6-10-9-5-2-3-8-12(9)15-13(10)11/h2-3,5,8,11,14H,4,6-7H2,1H3. The number of fused-ring (bicyclic) bond motifs is 3. The molecule has 1 aliphatic carbocycles. The van der Waals surface area contributed by atoms with Crippen LogP contribution in [-0.4, -0.2) is 7.05 Å². The fraction of sp³-hybridized carbons (Fsp3) is 0.385. The maximum Gasteiger partial charge on any atom is 0.0415 e. The molecule has 1 aromatic heterocycles. The summed E-state index contributed by atoms with van der Waals surface area (Å²) in [7, 11) is 2.07. The van der Waals surface area contributed by atoms with E-state index in [1.807, 2.05) is 11.3 Å². The van der Waals surface area contributed by atoms with Crippen LogP contribution in [0.5, 0.6) is 0 Å². The van der Waals surface area contributed by atoms with Crippen LogP contribution in [-0.2, 0) is 6.42 Å². The Labute approximate surface area is 94.1 Å². The number of nitrogens with one attached hydrogen (secondary N) is 1. The normalized spacial score (nSPS) is 20.5. The summed E-state index contributed by atoms with van der Waals surface area (Å²) in [6.07, 6.45) is 3.87. The van der Waals surface area contributed by atoms with Crippen LogP contribution < -0.4 is 5.32 Å². The third-order valence-electron chi connectivity index (χ3n) is 3.31. The van der Waals surface area contributed by atoms with Crippen LogP contribution in [0, 0.1) is 0 Å². The molecule has 1 unspecified atom stereocenters. The Bertz CT molecular complexity index is 486. The van der Waals surface area contributed by atoms with Gasteiger partial charge in [0.15, 0.2) is 0 Å². The van der Waals surface area contributed by atoms with Gasteiger partial charge in [-0.25, -0.2) is 0 Å². The Balaban J connectivity index is 2.24. The summed E-state index contributed by atoms with van der Waals surface area (Å²) in [4.78, 5) is 1.57. The summed E-state index contributed by atoms with van der Waals surface area (Å²) in [5, 5.41) is 4.92. The van der Waals surface area contributed by atoms with Crippen LogP contribution >= 0.6 is 11.3 Å². The zero-order valence-corrected chi connectivity index (χ0v) is 9.73. The first-order valence-electron chi connectivity index (χ1n) is 5.57. The van der Waals surface area contributed by atoms with Crippen LogP contribution in [0.15, 0.2) is 24.3 Å². The predicted molar refractivity (Wildman–Crippen MR) is 66.6 cm³/mol. The van der Waals surface area contributed by atoms with Gasteiger partial charge in [0.2, 0.25) is 0 Å². The monoisotopic (exact) mass is 217 g/mol. The third-order valence-corrected chi connectivity index (χ3v) is 4.64. The van der Waals surface area contributed by atoms with Crippen molar-refractivity contribution >= 4 is 21.4 Å². The van der Waals surface area contributed by atoms with Crippen molar-refractivity contribution in [3.05, 3.63) is 34.7 Å². The van der Waals surface area contributed by atoms with Gasteiger partial charge in [-0.05, 0) is 43.3 Å². The van der Waals surface area contributed by atoms with Gasteiger partial charge in [-0.15, -0.1) is 11.3 Å².